The molecule has 3 N–H and O–H groups in total. The van der Waals surface area contributed by atoms with Crippen LogP contribution in [0.25, 0.3) is 0 Å². The van der Waals surface area contributed by atoms with Gasteiger partial charge in [-0.25, -0.2) is 4.39 Å². The molecule has 1 atom stereocenters. The highest BCUT2D eigenvalue weighted by atomic mass is 35.5. The Balaban J connectivity index is 1.27. The highest BCUT2D eigenvalue weighted by Crippen LogP contribution is 2.28. The van der Waals surface area contributed by atoms with Crippen LogP contribution in [0, 0.1) is 11.7 Å². The van der Waals surface area contributed by atoms with E-state index in [1.807, 2.05) is 29.3 Å². The third-order valence-corrected chi connectivity index (χ3v) is 5.79. The molecule has 2 aliphatic heterocycles. The first kappa shape index (κ1) is 19.5. The number of carbonyl (C=O) groups is 2. The number of nitrogens with zero attached hydrogens (tertiary/aromatic N) is 1. The molecule has 0 spiro atoms. The van der Waals surface area contributed by atoms with Crippen LogP contribution in [-0.2, 0) is 9.59 Å². The topological polar surface area (TPSA) is 73.5 Å². The van der Waals surface area contributed by atoms with E-state index in [0.29, 0.717) is 24.2 Å². The second kappa shape index (κ2) is 8.29. The number of amides is 2. The molecule has 0 radical (unpaired) electrons. The second-order valence-corrected chi connectivity index (χ2v) is 7.82. The number of carbonyl (C=O) groups excluding carboxylic acids is 2. The molecule has 29 heavy (non-hydrogen) atoms. The van der Waals surface area contributed by atoms with Gasteiger partial charge in [0.25, 0.3) is 5.91 Å². The molecule has 0 bridgehead atoms. The molecule has 0 aromatic heterocycles. The number of allylic oxidation sites excluding steroid dienone is 2. The molecular weight excluding hydrogens is 395 g/mol. The van der Waals surface area contributed by atoms with Gasteiger partial charge in [-0.2, -0.15) is 0 Å². The monoisotopic (exact) mass is 416 g/mol. The summed E-state index contributed by atoms with van der Waals surface area (Å²) in [6.07, 6.45) is 12.2. The van der Waals surface area contributed by atoms with Gasteiger partial charge < -0.3 is 20.9 Å². The first-order valence-corrected chi connectivity index (χ1v) is 10.1. The van der Waals surface area contributed by atoms with Gasteiger partial charge in [-0.3, -0.25) is 9.59 Å². The van der Waals surface area contributed by atoms with E-state index in [4.69, 9.17) is 11.6 Å². The molecule has 1 unspecified atom stereocenters. The molecule has 1 saturated carbocycles. The molecular formula is C21H22ClFN4O2. The molecule has 2 amide bonds. The Morgan fingerprint density at radius 2 is 1.97 bits per heavy atom. The quantitative estimate of drug-likeness (QED) is 0.704. The summed E-state index contributed by atoms with van der Waals surface area (Å²) in [7, 11) is 0. The zero-order valence-electron chi connectivity index (χ0n) is 15.7. The molecule has 3 aliphatic rings. The van der Waals surface area contributed by atoms with Crippen LogP contribution in [0.1, 0.15) is 25.7 Å². The van der Waals surface area contributed by atoms with Gasteiger partial charge in [0, 0.05) is 24.4 Å². The zero-order chi connectivity index (χ0) is 20.4. The predicted molar refractivity (Wildman–Crippen MR) is 109 cm³/mol. The van der Waals surface area contributed by atoms with Crippen LogP contribution in [0.15, 0.2) is 54.5 Å². The lowest BCUT2D eigenvalue weighted by Crippen LogP contribution is -2.43. The van der Waals surface area contributed by atoms with Gasteiger partial charge in [-0.1, -0.05) is 17.7 Å². The maximum Gasteiger partial charge on any atom is 0.269 e. The molecule has 152 valence electrons. The normalized spacial score (nSPS) is 25.1. The summed E-state index contributed by atoms with van der Waals surface area (Å²) in [5.41, 5.74) is 0.994. The summed E-state index contributed by atoms with van der Waals surface area (Å²) < 4.78 is 13.1. The molecule has 0 saturated heterocycles. The van der Waals surface area contributed by atoms with Crippen molar-refractivity contribution >= 4 is 29.1 Å². The SMILES string of the molecule is O=C(NC1CCC(C(=O)Nc2ccc(F)cc2Cl)CC1)C1=CNC2C=CC=CN12. The molecule has 1 aromatic rings. The van der Waals surface area contributed by atoms with E-state index in [1.165, 1.54) is 18.2 Å². The number of nitrogens with one attached hydrogen (secondary N) is 3. The number of anilines is 1. The summed E-state index contributed by atoms with van der Waals surface area (Å²) >= 11 is 5.98. The Hall–Kier alpha value is -2.80. The first-order valence-electron chi connectivity index (χ1n) is 9.67. The fourth-order valence-corrected chi connectivity index (χ4v) is 4.08. The molecule has 2 heterocycles. The summed E-state index contributed by atoms with van der Waals surface area (Å²) in [6.45, 7) is 0. The van der Waals surface area contributed by atoms with Crippen molar-refractivity contribution in [3.05, 3.63) is 65.4 Å². The Kier molecular flexibility index (Phi) is 5.58. The average molecular weight is 417 g/mol. The maximum atomic E-state index is 13.1. The van der Waals surface area contributed by atoms with Crippen LogP contribution in [-0.4, -0.2) is 28.9 Å². The zero-order valence-corrected chi connectivity index (χ0v) is 16.5. The lowest BCUT2D eigenvalue weighted by atomic mass is 9.85. The van der Waals surface area contributed by atoms with E-state index < -0.39 is 5.82 Å². The standard InChI is InChI=1S/C21H22ClFN4O2/c22-16-11-14(23)6-9-17(16)26-20(28)13-4-7-15(8-5-13)25-21(29)18-12-24-19-3-1-2-10-27(18)19/h1-3,6,9-13,15,19,24H,4-5,7-8H2,(H,25,29)(H,26,28). The van der Waals surface area contributed by atoms with Gasteiger partial charge in [0.15, 0.2) is 0 Å². The third-order valence-electron chi connectivity index (χ3n) is 5.47. The Morgan fingerprint density at radius 3 is 2.72 bits per heavy atom. The lowest BCUT2D eigenvalue weighted by molar-refractivity contribution is -0.121. The van der Waals surface area contributed by atoms with Crippen molar-refractivity contribution in [2.24, 2.45) is 5.92 Å². The van der Waals surface area contributed by atoms with Crippen molar-refractivity contribution in [2.75, 3.05) is 5.32 Å². The van der Waals surface area contributed by atoms with Crippen LogP contribution in [0.4, 0.5) is 10.1 Å². The van der Waals surface area contributed by atoms with Crippen molar-refractivity contribution in [2.45, 2.75) is 37.9 Å². The van der Waals surface area contributed by atoms with Crippen LogP contribution in [0.5, 0.6) is 0 Å². The van der Waals surface area contributed by atoms with Gasteiger partial charge in [-0.15, -0.1) is 0 Å². The molecule has 1 aliphatic carbocycles. The minimum absolute atomic E-state index is 0.0153. The lowest BCUT2D eigenvalue weighted by Gasteiger charge is -2.30. The summed E-state index contributed by atoms with van der Waals surface area (Å²) in [4.78, 5) is 27.0. The number of rotatable bonds is 4. The van der Waals surface area contributed by atoms with Gasteiger partial charge in [0.2, 0.25) is 5.91 Å². The van der Waals surface area contributed by atoms with Gasteiger partial charge in [0.1, 0.15) is 17.7 Å². The van der Waals surface area contributed by atoms with Crippen molar-refractivity contribution in [3.63, 3.8) is 0 Å². The number of benzene rings is 1. The van der Waals surface area contributed by atoms with Crippen LogP contribution < -0.4 is 16.0 Å². The molecule has 1 aromatic carbocycles. The van der Waals surface area contributed by atoms with Crippen LogP contribution in [0.3, 0.4) is 0 Å². The third kappa shape index (κ3) is 4.29. The number of halogens is 2. The van der Waals surface area contributed by atoms with Crippen LogP contribution >= 0.6 is 11.6 Å². The fraction of sp³-hybridized carbons (Fsp3) is 0.333. The van der Waals surface area contributed by atoms with Gasteiger partial charge >= 0.3 is 0 Å². The van der Waals surface area contributed by atoms with Gasteiger partial charge in [0.05, 0.1) is 10.7 Å². The van der Waals surface area contributed by atoms with Crippen molar-refractivity contribution in [3.8, 4) is 0 Å². The van der Waals surface area contributed by atoms with Crippen molar-refractivity contribution in [1.29, 1.82) is 0 Å². The summed E-state index contributed by atoms with van der Waals surface area (Å²) in [5.74, 6) is -0.847. The fourth-order valence-electron chi connectivity index (χ4n) is 3.87. The minimum Gasteiger partial charge on any atom is -0.366 e. The number of hydrogen-bond donors (Lipinski definition) is 3. The van der Waals surface area contributed by atoms with E-state index in [0.717, 1.165) is 12.8 Å². The molecule has 6 nitrogen and oxygen atoms in total. The van der Waals surface area contributed by atoms with E-state index in [1.54, 1.807) is 6.20 Å². The second-order valence-electron chi connectivity index (χ2n) is 7.41. The predicted octanol–water partition coefficient (Wildman–Crippen LogP) is 3.25. The molecule has 4 rings (SSSR count). The maximum absolute atomic E-state index is 13.1. The van der Waals surface area contributed by atoms with E-state index in [2.05, 4.69) is 16.0 Å². The summed E-state index contributed by atoms with van der Waals surface area (Å²) in [6, 6.07) is 3.93. The first-order chi connectivity index (χ1) is 14.0. The van der Waals surface area contributed by atoms with Crippen LogP contribution in [0.2, 0.25) is 5.02 Å². The van der Waals surface area contributed by atoms with Crippen molar-refractivity contribution in [1.82, 2.24) is 15.5 Å². The van der Waals surface area contributed by atoms with E-state index in [-0.39, 0.29) is 35.0 Å². The Morgan fingerprint density at radius 1 is 1.17 bits per heavy atom. The molecule has 1 fully saturated rings. The van der Waals surface area contributed by atoms with Gasteiger partial charge in [-0.05, 0) is 56.0 Å². The van der Waals surface area contributed by atoms with E-state index >= 15 is 0 Å². The smallest absolute Gasteiger partial charge is 0.269 e. The number of hydrogen-bond acceptors (Lipinski definition) is 4. The Labute approximate surface area is 173 Å². The minimum atomic E-state index is -0.445. The average Bonchev–Trinajstić information content (AvgIpc) is 3.15. The largest absolute Gasteiger partial charge is 0.366 e. The van der Waals surface area contributed by atoms with Crippen molar-refractivity contribution < 1.29 is 14.0 Å². The highest BCUT2D eigenvalue weighted by molar-refractivity contribution is 6.33. The Bertz CT molecular complexity index is 906. The van der Waals surface area contributed by atoms with E-state index in [9.17, 15) is 14.0 Å². The highest BCUT2D eigenvalue weighted by Gasteiger charge is 2.31. The number of fused-ring (bicyclic) bond motifs is 1. The summed E-state index contributed by atoms with van der Waals surface area (Å²) in [5, 5.41) is 9.19. The molecule has 8 heteroatoms.